The molecule has 3 heterocycles. The average molecular weight is 494 g/mol. The van der Waals surface area contributed by atoms with Crippen LogP contribution in [0.15, 0.2) is 88.1 Å². The molecule has 0 saturated heterocycles. The molecule has 0 atom stereocenters. The number of benzene rings is 3. The molecule has 0 aliphatic carbocycles. The van der Waals surface area contributed by atoms with Crippen LogP contribution in [0, 0.1) is 19.1 Å². The molecule has 3 aromatic heterocycles. The molecule has 0 N–H and O–H groups in total. The van der Waals surface area contributed by atoms with Crippen LogP contribution >= 0.6 is 0 Å². The van der Waals surface area contributed by atoms with Crippen LogP contribution in [-0.2, 0) is 6.42 Å². The lowest BCUT2D eigenvalue weighted by Gasteiger charge is -2.19. The maximum atomic E-state index is 8.95. The van der Waals surface area contributed by atoms with Gasteiger partial charge in [-0.2, -0.15) is 0 Å². The molecule has 0 spiro atoms. The average Bonchev–Trinajstić information content (AvgIpc) is 3.58. The first-order valence-electron chi connectivity index (χ1n) is 15.6. The van der Waals surface area contributed by atoms with Gasteiger partial charge in [-0.25, -0.2) is 4.98 Å². The Morgan fingerprint density at radius 2 is 1.78 bits per heavy atom. The number of aryl methyl sites for hydroxylation is 2. The van der Waals surface area contributed by atoms with Crippen molar-refractivity contribution in [2.24, 2.45) is 5.41 Å². The van der Waals surface area contributed by atoms with E-state index in [0.29, 0.717) is 40.3 Å². The summed E-state index contributed by atoms with van der Waals surface area (Å²) in [6.07, 6.45) is 4.88. The first-order valence-corrected chi connectivity index (χ1v) is 12.1. The summed E-state index contributed by atoms with van der Waals surface area (Å²) < 4.78 is 70.5. The standard InChI is InChI=1S/C33H30N2O2/c1-20-15-22(18-33(3,4)5)9-11-24(20)28-17-29(35-19-21(28)2)27-8-6-7-26-25-12-10-23(32-34-13-14-36-32)16-30(25)37-31(26)27/h6-17,19H,18H2,1-5H3/i1D3,2D3,11D. The fourth-order valence-corrected chi connectivity index (χ4v) is 4.79. The van der Waals surface area contributed by atoms with Gasteiger partial charge < -0.3 is 8.83 Å². The van der Waals surface area contributed by atoms with E-state index in [2.05, 4.69) is 9.97 Å². The van der Waals surface area contributed by atoms with Gasteiger partial charge in [-0.1, -0.05) is 51.1 Å². The van der Waals surface area contributed by atoms with Gasteiger partial charge in [0.05, 0.1) is 13.3 Å². The lowest BCUT2D eigenvalue weighted by Crippen LogP contribution is -2.09. The quantitative estimate of drug-likeness (QED) is 0.246. The molecule has 0 radical (unpaired) electrons. The highest BCUT2D eigenvalue weighted by molar-refractivity contribution is 6.10. The van der Waals surface area contributed by atoms with E-state index in [4.69, 9.17) is 18.4 Å². The summed E-state index contributed by atoms with van der Waals surface area (Å²) >= 11 is 0. The molecule has 0 saturated carbocycles. The van der Waals surface area contributed by atoms with Gasteiger partial charge in [0.2, 0.25) is 5.89 Å². The highest BCUT2D eigenvalue weighted by Crippen LogP contribution is 2.38. The second-order valence-electron chi connectivity index (χ2n) is 10.5. The largest absolute Gasteiger partial charge is 0.455 e. The number of rotatable bonds is 4. The van der Waals surface area contributed by atoms with Gasteiger partial charge in [-0.3, -0.25) is 4.98 Å². The maximum absolute atomic E-state index is 8.95. The Kier molecular flexibility index (Phi) is 3.91. The summed E-state index contributed by atoms with van der Waals surface area (Å²) in [7, 11) is 0. The lowest BCUT2D eigenvalue weighted by atomic mass is 9.86. The fraction of sp³-hybridized carbons (Fsp3) is 0.212. The molecule has 6 rings (SSSR count). The van der Waals surface area contributed by atoms with E-state index in [-0.39, 0.29) is 33.7 Å². The third-order valence-electron chi connectivity index (χ3n) is 6.36. The Morgan fingerprint density at radius 1 is 0.892 bits per heavy atom. The van der Waals surface area contributed by atoms with E-state index in [1.165, 1.54) is 12.5 Å². The molecular formula is C33H30N2O2. The second-order valence-corrected chi connectivity index (χ2v) is 10.5. The molecule has 6 aromatic rings. The number of para-hydroxylation sites is 1. The van der Waals surface area contributed by atoms with E-state index < -0.39 is 13.7 Å². The zero-order valence-corrected chi connectivity index (χ0v) is 20.8. The smallest absolute Gasteiger partial charge is 0.225 e. The van der Waals surface area contributed by atoms with Crippen LogP contribution in [0.25, 0.3) is 55.8 Å². The minimum absolute atomic E-state index is 0.0541. The first kappa shape index (κ1) is 16.5. The van der Waals surface area contributed by atoms with Crippen LogP contribution in [0.5, 0.6) is 0 Å². The summed E-state index contributed by atoms with van der Waals surface area (Å²) in [5.74, 6) is 0.462. The predicted octanol–water partition coefficient (Wildman–Crippen LogP) is 9.18. The second kappa shape index (κ2) is 8.74. The molecule has 4 nitrogen and oxygen atoms in total. The molecule has 0 amide bonds. The molecule has 184 valence electrons. The topological polar surface area (TPSA) is 52.1 Å². The Balaban J connectivity index is 1.58. The normalized spacial score (nSPS) is 15.5. The maximum Gasteiger partial charge on any atom is 0.225 e. The van der Waals surface area contributed by atoms with E-state index in [0.717, 1.165) is 16.3 Å². The van der Waals surface area contributed by atoms with Gasteiger partial charge >= 0.3 is 0 Å². The number of oxazole rings is 1. The molecule has 37 heavy (non-hydrogen) atoms. The Labute approximate surface area is 226 Å². The molecule has 0 fully saturated rings. The van der Waals surface area contributed by atoms with E-state index in [1.807, 2.05) is 57.2 Å². The number of hydrogen-bond acceptors (Lipinski definition) is 4. The molecular weight excluding hydrogens is 456 g/mol. The van der Waals surface area contributed by atoms with Crippen molar-refractivity contribution in [2.75, 3.05) is 0 Å². The van der Waals surface area contributed by atoms with Crippen molar-refractivity contribution in [1.29, 1.82) is 0 Å². The Morgan fingerprint density at radius 3 is 2.57 bits per heavy atom. The zero-order chi connectivity index (χ0) is 31.6. The number of furan rings is 1. The number of aromatic nitrogens is 2. The van der Waals surface area contributed by atoms with Gasteiger partial charge in [0.25, 0.3) is 0 Å². The lowest BCUT2D eigenvalue weighted by molar-refractivity contribution is 0.411. The highest BCUT2D eigenvalue weighted by atomic mass is 16.3. The van der Waals surface area contributed by atoms with E-state index in [1.54, 1.807) is 24.4 Å². The van der Waals surface area contributed by atoms with Crippen molar-refractivity contribution < 1.29 is 18.4 Å². The summed E-state index contributed by atoms with van der Waals surface area (Å²) in [5, 5.41) is 1.69. The van der Waals surface area contributed by atoms with Crippen LogP contribution < -0.4 is 0 Å². The van der Waals surface area contributed by atoms with Gasteiger partial charge in [-0.15, -0.1) is 0 Å². The predicted molar refractivity (Wildman–Crippen MR) is 151 cm³/mol. The molecule has 0 unspecified atom stereocenters. The van der Waals surface area contributed by atoms with E-state index in [9.17, 15) is 0 Å². The molecule has 0 bridgehead atoms. The molecule has 0 aliphatic rings. The first-order chi connectivity index (χ1) is 20.6. The Hall–Kier alpha value is -4.18. The van der Waals surface area contributed by atoms with Crippen LogP contribution in [0.4, 0.5) is 0 Å². The minimum atomic E-state index is -2.61. The van der Waals surface area contributed by atoms with Gasteiger partial charge in [0, 0.05) is 36.3 Å². The summed E-state index contributed by atoms with van der Waals surface area (Å²) in [6.45, 7) is 0.914. The van der Waals surface area contributed by atoms with Crippen molar-refractivity contribution in [3.63, 3.8) is 0 Å². The van der Waals surface area contributed by atoms with Crippen molar-refractivity contribution >= 4 is 21.9 Å². The van der Waals surface area contributed by atoms with Gasteiger partial charge in [0.1, 0.15) is 17.4 Å². The van der Waals surface area contributed by atoms with Gasteiger partial charge in [-0.05, 0) is 83.7 Å². The number of fused-ring (bicyclic) bond motifs is 3. The number of nitrogens with zero attached hydrogens (tertiary/aromatic N) is 2. The van der Waals surface area contributed by atoms with Crippen LogP contribution in [0.1, 0.15) is 47.1 Å². The third kappa shape index (κ3) is 4.33. The molecule has 0 aliphatic heterocycles. The van der Waals surface area contributed by atoms with Crippen molar-refractivity contribution in [1.82, 2.24) is 9.97 Å². The fourth-order valence-electron chi connectivity index (χ4n) is 4.79. The Bertz CT molecular complexity index is 2020. The monoisotopic (exact) mass is 493 g/mol. The highest BCUT2D eigenvalue weighted by Gasteiger charge is 2.17. The minimum Gasteiger partial charge on any atom is -0.455 e. The van der Waals surface area contributed by atoms with Crippen LogP contribution in [0.3, 0.4) is 0 Å². The van der Waals surface area contributed by atoms with E-state index >= 15 is 0 Å². The number of hydrogen-bond donors (Lipinski definition) is 0. The summed E-state index contributed by atoms with van der Waals surface area (Å²) in [4.78, 5) is 8.73. The molecule has 3 aromatic carbocycles. The van der Waals surface area contributed by atoms with Crippen LogP contribution in [-0.4, -0.2) is 9.97 Å². The van der Waals surface area contributed by atoms with Gasteiger partial charge in [0.15, 0.2) is 0 Å². The van der Waals surface area contributed by atoms with Crippen molar-refractivity contribution in [2.45, 2.75) is 40.9 Å². The number of pyridine rings is 1. The third-order valence-corrected chi connectivity index (χ3v) is 6.36. The van der Waals surface area contributed by atoms with Crippen molar-refractivity contribution in [3.05, 3.63) is 96.0 Å². The zero-order valence-electron chi connectivity index (χ0n) is 27.8. The summed E-state index contributed by atoms with van der Waals surface area (Å²) in [5.41, 5.74) is 3.44. The summed E-state index contributed by atoms with van der Waals surface area (Å²) in [6, 6.07) is 16.0. The molecule has 4 heteroatoms. The van der Waals surface area contributed by atoms with Crippen molar-refractivity contribution in [3.8, 4) is 33.8 Å². The van der Waals surface area contributed by atoms with Crippen LogP contribution in [0.2, 0.25) is 0 Å². The SMILES string of the molecule is [2H]c1cc(CC(C)(C)C)cc(C([2H])([2H])[2H])c1-c1cc(-c2cccc3c2oc2cc(-c4ncco4)ccc23)ncc1C([2H])([2H])[2H].